The molecule has 6 nitrogen and oxygen atoms in total. The summed E-state index contributed by atoms with van der Waals surface area (Å²) in [6.45, 7) is 0.0124. The molecule has 0 spiro atoms. The van der Waals surface area contributed by atoms with Crippen LogP contribution in [0.5, 0.6) is 5.75 Å². The second-order valence-electron chi connectivity index (χ2n) is 5.50. The summed E-state index contributed by atoms with van der Waals surface area (Å²) in [4.78, 5) is 14.0. The number of aromatic nitrogens is 2. The lowest BCUT2D eigenvalue weighted by Gasteiger charge is -2.12. The van der Waals surface area contributed by atoms with E-state index in [9.17, 15) is 13.6 Å². The number of carbonyl (C=O) groups is 1. The van der Waals surface area contributed by atoms with Gasteiger partial charge in [0.1, 0.15) is 11.4 Å². The van der Waals surface area contributed by atoms with Crippen LogP contribution in [0.3, 0.4) is 0 Å². The van der Waals surface area contributed by atoms with E-state index in [-0.39, 0.29) is 29.0 Å². The Morgan fingerprint density at radius 1 is 1.38 bits per heavy atom. The minimum Gasteiger partial charge on any atom is -0.434 e. The van der Waals surface area contributed by atoms with E-state index in [4.69, 9.17) is 12.2 Å². The van der Waals surface area contributed by atoms with Crippen LogP contribution in [0.1, 0.15) is 18.1 Å². The Bertz CT molecular complexity index is 866. The van der Waals surface area contributed by atoms with Gasteiger partial charge in [0, 0.05) is 23.9 Å². The average Bonchev–Trinajstić information content (AvgIpc) is 3.16. The highest BCUT2D eigenvalue weighted by Crippen LogP contribution is 2.24. The van der Waals surface area contributed by atoms with Gasteiger partial charge in [-0.3, -0.25) is 14.4 Å². The summed E-state index contributed by atoms with van der Waals surface area (Å²) >= 11 is 5.22. The highest BCUT2D eigenvalue weighted by molar-refractivity contribution is 7.80. The lowest BCUT2D eigenvalue weighted by atomic mass is 10.1. The number of thiocarbonyl (C=S) groups is 1. The van der Waals surface area contributed by atoms with Crippen molar-refractivity contribution in [2.75, 3.05) is 0 Å². The molecule has 0 saturated carbocycles. The monoisotopic (exact) mass is 378 g/mol. The van der Waals surface area contributed by atoms with Crippen LogP contribution in [0.4, 0.5) is 8.78 Å². The lowest BCUT2D eigenvalue weighted by Crippen LogP contribution is -2.29. The van der Waals surface area contributed by atoms with E-state index in [2.05, 4.69) is 15.2 Å². The fraction of sp³-hybridized carbons (Fsp3) is 0.235. The second-order valence-corrected chi connectivity index (χ2v) is 5.89. The fourth-order valence-electron chi connectivity index (χ4n) is 2.52. The Kier molecular flexibility index (Phi) is 5.27. The molecule has 1 N–H and O–H groups in total. The molecule has 0 unspecified atom stereocenters. The lowest BCUT2D eigenvalue weighted by molar-refractivity contribution is -0.122. The standard InChI is InChI=1S/C17H16F2N4O2S/c1-2-22-9-11(8-20-22)10-23-15(24)13(21-17(23)26)7-12-5-3-4-6-14(12)25-16(18)19/h3-9,16H,2,10H2,1H3,(H,21,26)/b13-7+. The topological polar surface area (TPSA) is 59.4 Å². The zero-order valence-electron chi connectivity index (χ0n) is 13.9. The molecule has 1 aliphatic heterocycles. The highest BCUT2D eigenvalue weighted by atomic mass is 32.1. The molecule has 0 radical (unpaired) electrons. The normalized spacial score (nSPS) is 15.8. The Morgan fingerprint density at radius 2 is 2.15 bits per heavy atom. The van der Waals surface area contributed by atoms with Gasteiger partial charge in [0.25, 0.3) is 5.91 Å². The minimum atomic E-state index is -2.95. The molecule has 1 aliphatic rings. The van der Waals surface area contributed by atoms with E-state index >= 15 is 0 Å². The number of nitrogens with zero attached hydrogens (tertiary/aromatic N) is 3. The summed E-state index contributed by atoms with van der Waals surface area (Å²) in [5.74, 6) is -0.357. The van der Waals surface area contributed by atoms with E-state index in [0.29, 0.717) is 5.56 Å². The van der Waals surface area contributed by atoms with Gasteiger partial charge in [0.2, 0.25) is 0 Å². The SMILES string of the molecule is CCn1cc(CN2C(=O)/C(=C\c3ccccc3OC(F)F)NC2=S)cn1. The van der Waals surface area contributed by atoms with Gasteiger partial charge < -0.3 is 10.1 Å². The largest absolute Gasteiger partial charge is 0.434 e. The quantitative estimate of drug-likeness (QED) is 0.619. The minimum absolute atomic E-state index is 0.0156. The van der Waals surface area contributed by atoms with Gasteiger partial charge in [-0.25, -0.2) is 0 Å². The third-order valence-electron chi connectivity index (χ3n) is 3.75. The number of alkyl halides is 2. The molecule has 1 fully saturated rings. The van der Waals surface area contributed by atoms with E-state index in [1.54, 1.807) is 29.1 Å². The summed E-state index contributed by atoms with van der Waals surface area (Å²) in [6.07, 6.45) is 4.96. The maximum atomic E-state index is 12.6. The van der Waals surface area contributed by atoms with Crippen molar-refractivity contribution >= 4 is 29.3 Å². The molecule has 0 aliphatic carbocycles. The molecule has 2 aromatic rings. The van der Waals surface area contributed by atoms with Crippen LogP contribution in [-0.2, 0) is 17.9 Å². The van der Waals surface area contributed by atoms with Gasteiger partial charge in [0.05, 0.1) is 12.7 Å². The predicted octanol–water partition coefficient (Wildman–Crippen LogP) is 2.76. The number of halogens is 2. The summed E-state index contributed by atoms with van der Waals surface area (Å²) in [7, 11) is 0. The number of rotatable bonds is 6. The van der Waals surface area contributed by atoms with Crippen molar-refractivity contribution in [3.8, 4) is 5.75 Å². The van der Waals surface area contributed by atoms with E-state index in [1.807, 2.05) is 13.1 Å². The third-order valence-corrected chi connectivity index (χ3v) is 4.07. The molecule has 136 valence electrons. The van der Waals surface area contributed by atoms with Crippen molar-refractivity contribution in [3.05, 3.63) is 53.5 Å². The first kappa shape index (κ1) is 18.0. The van der Waals surface area contributed by atoms with Gasteiger partial charge >= 0.3 is 6.61 Å². The molecule has 1 aromatic heterocycles. The number of amides is 1. The van der Waals surface area contributed by atoms with E-state index in [1.165, 1.54) is 17.0 Å². The molecule has 1 amide bonds. The van der Waals surface area contributed by atoms with Crippen molar-refractivity contribution < 1.29 is 18.3 Å². The van der Waals surface area contributed by atoms with Crippen LogP contribution in [0.15, 0.2) is 42.4 Å². The number of aryl methyl sites for hydroxylation is 1. The zero-order chi connectivity index (χ0) is 18.7. The van der Waals surface area contributed by atoms with Crippen LogP contribution in [-0.4, -0.2) is 32.3 Å². The van der Waals surface area contributed by atoms with Crippen molar-refractivity contribution in [3.63, 3.8) is 0 Å². The predicted molar refractivity (Wildman–Crippen MR) is 95.2 cm³/mol. The van der Waals surface area contributed by atoms with Crippen LogP contribution in [0.2, 0.25) is 0 Å². The molecule has 1 aromatic carbocycles. The maximum absolute atomic E-state index is 12.6. The maximum Gasteiger partial charge on any atom is 0.387 e. The highest BCUT2D eigenvalue weighted by Gasteiger charge is 2.31. The number of hydrogen-bond donors (Lipinski definition) is 1. The van der Waals surface area contributed by atoms with Gasteiger partial charge in [-0.15, -0.1) is 0 Å². The van der Waals surface area contributed by atoms with Crippen molar-refractivity contribution in [1.82, 2.24) is 20.0 Å². The van der Waals surface area contributed by atoms with Crippen LogP contribution < -0.4 is 10.1 Å². The summed E-state index contributed by atoms with van der Waals surface area (Å²) in [5.41, 5.74) is 1.39. The number of hydrogen-bond acceptors (Lipinski definition) is 4. The van der Waals surface area contributed by atoms with Gasteiger partial charge in [-0.2, -0.15) is 13.9 Å². The summed E-state index contributed by atoms with van der Waals surface area (Å²) in [5, 5.41) is 7.24. The average molecular weight is 378 g/mol. The first-order valence-corrected chi connectivity index (χ1v) is 8.28. The van der Waals surface area contributed by atoms with Crippen molar-refractivity contribution in [2.45, 2.75) is 26.6 Å². The van der Waals surface area contributed by atoms with Crippen LogP contribution in [0, 0.1) is 0 Å². The van der Waals surface area contributed by atoms with Crippen molar-refractivity contribution in [1.29, 1.82) is 0 Å². The molecule has 9 heteroatoms. The third kappa shape index (κ3) is 3.88. The van der Waals surface area contributed by atoms with Gasteiger partial charge in [-0.1, -0.05) is 18.2 Å². The first-order valence-electron chi connectivity index (χ1n) is 7.87. The summed E-state index contributed by atoms with van der Waals surface area (Å²) < 4.78 is 31.3. The molecule has 26 heavy (non-hydrogen) atoms. The van der Waals surface area contributed by atoms with Crippen molar-refractivity contribution in [2.24, 2.45) is 0 Å². The molecule has 2 heterocycles. The second kappa shape index (κ2) is 7.61. The van der Waals surface area contributed by atoms with E-state index in [0.717, 1.165) is 12.1 Å². The van der Waals surface area contributed by atoms with Crippen LogP contribution >= 0.6 is 12.2 Å². The van der Waals surface area contributed by atoms with Gasteiger partial charge in [-0.05, 0) is 31.3 Å². The number of ether oxygens (including phenoxy) is 1. The zero-order valence-corrected chi connectivity index (χ0v) is 14.7. The Morgan fingerprint density at radius 3 is 2.85 bits per heavy atom. The first-order chi connectivity index (χ1) is 12.5. The molecular formula is C17H16F2N4O2S. The Labute approximate surface area is 154 Å². The fourth-order valence-corrected chi connectivity index (χ4v) is 2.77. The summed E-state index contributed by atoms with van der Waals surface area (Å²) in [6, 6.07) is 6.23. The molecular weight excluding hydrogens is 362 g/mol. The molecule has 0 atom stereocenters. The number of nitrogens with one attached hydrogen (secondary N) is 1. The number of para-hydroxylation sites is 1. The Hall–Kier alpha value is -2.81. The van der Waals surface area contributed by atoms with Crippen LogP contribution in [0.25, 0.3) is 6.08 Å². The molecule has 3 rings (SSSR count). The molecule has 0 bridgehead atoms. The van der Waals surface area contributed by atoms with Gasteiger partial charge in [0.15, 0.2) is 5.11 Å². The molecule has 1 saturated heterocycles. The Balaban J connectivity index is 1.81. The number of benzene rings is 1. The van der Waals surface area contributed by atoms with E-state index < -0.39 is 6.61 Å². The number of carbonyl (C=O) groups excluding carboxylic acids is 1. The smallest absolute Gasteiger partial charge is 0.387 e.